The third-order valence-electron chi connectivity index (χ3n) is 4.12. The highest BCUT2D eigenvalue weighted by Gasteiger charge is 2.33. The van der Waals surface area contributed by atoms with Crippen LogP contribution < -0.4 is 16.4 Å². The fourth-order valence-corrected chi connectivity index (χ4v) is 2.88. The van der Waals surface area contributed by atoms with Gasteiger partial charge in [0.05, 0.1) is 10.5 Å². The summed E-state index contributed by atoms with van der Waals surface area (Å²) in [6, 6.07) is 6.40. The van der Waals surface area contributed by atoms with Gasteiger partial charge in [-0.15, -0.1) is 12.4 Å². The number of amides is 1. The van der Waals surface area contributed by atoms with E-state index in [9.17, 15) is 14.9 Å². The monoisotopic (exact) mass is 342 g/mol. The third kappa shape index (κ3) is 5.07. The number of rotatable bonds is 7. The SMILES string of the molecule is Cl.NCC1(NC(=O)CCNc2ccccc2[N+](=O)[O-])CCCC1. The van der Waals surface area contributed by atoms with Gasteiger partial charge in [-0.1, -0.05) is 25.0 Å². The molecule has 0 saturated heterocycles. The molecule has 1 aromatic carbocycles. The molecule has 1 amide bonds. The van der Waals surface area contributed by atoms with E-state index in [1.165, 1.54) is 6.07 Å². The number of benzene rings is 1. The van der Waals surface area contributed by atoms with Gasteiger partial charge in [-0.05, 0) is 18.9 Å². The number of nitro groups is 1. The lowest BCUT2D eigenvalue weighted by Gasteiger charge is -2.28. The van der Waals surface area contributed by atoms with Crippen LogP contribution in [0.3, 0.4) is 0 Å². The Labute approximate surface area is 141 Å². The number of carbonyl (C=O) groups is 1. The summed E-state index contributed by atoms with van der Waals surface area (Å²) in [5, 5.41) is 16.9. The normalized spacial score (nSPS) is 15.5. The number of anilines is 1. The highest BCUT2D eigenvalue weighted by Crippen LogP contribution is 2.28. The summed E-state index contributed by atoms with van der Waals surface area (Å²) in [6.45, 7) is 0.799. The molecule has 1 fully saturated rings. The summed E-state index contributed by atoms with van der Waals surface area (Å²) < 4.78 is 0. The first-order valence-corrected chi connectivity index (χ1v) is 7.55. The van der Waals surface area contributed by atoms with Crippen molar-refractivity contribution in [3.8, 4) is 0 Å². The van der Waals surface area contributed by atoms with Crippen molar-refractivity contribution in [1.29, 1.82) is 0 Å². The van der Waals surface area contributed by atoms with Crippen molar-refractivity contribution in [3.05, 3.63) is 34.4 Å². The Morgan fingerprint density at radius 3 is 2.57 bits per heavy atom. The average molecular weight is 343 g/mol. The second kappa shape index (κ2) is 8.69. The van der Waals surface area contributed by atoms with Gasteiger partial charge >= 0.3 is 0 Å². The van der Waals surface area contributed by atoms with Crippen LogP contribution in [-0.2, 0) is 4.79 Å². The lowest BCUT2D eigenvalue weighted by atomic mass is 9.97. The van der Waals surface area contributed by atoms with Crippen molar-refractivity contribution >= 4 is 29.7 Å². The predicted octanol–water partition coefficient (Wildman–Crippen LogP) is 2.21. The van der Waals surface area contributed by atoms with Crippen LogP contribution in [0.4, 0.5) is 11.4 Å². The highest BCUT2D eigenvalue weighted by atomic mass is 35.5. The van der Waals surface area contributed by atoms with E-state index in [4.69, 9.17) is 5.73 Å². The van der Waals surface area contributed by atoms with Gasteiger partial charge in [0, 0.05) is 25.6 Å². The maximum absolute atomic E-state index is 12.0. The molecular weight excluding hydrogens is 320 g/mol. The number of para-hydroxylation sites is 2. The van der Waals surface area contributed by atoms with Crippen molar-refractivity contribution in [2.75, 3.05) is 18.4 Å². The Hall–Kier alpha value is -1.86. The van der Waals surface area contributed by atoms with Gasteiger partial charge < -0.3 is 16.4 Å². The van der Waals surface area contributed by atoms with Crippen LogP contribution in [0.15, 0.2) is 24.3 Å². The smallest absolute Gasteiger partial charge is 0.292 e. The number of halogens is 1. The Balaban J connectivity index is 0.00000264. The van der Waals surface area contributed by atoms with Crippen molar-refractivity contribution < 1.29 is 9.72 Å². The molecule has 8 heteroatoms. The number of carbonyl (C=O) groups excluding carboxylic acids is 1. The molecule has 128 valence electrons. The number of hydrogen-bond donors (Lipinski definition) is 3. The second-order valence-electron chi connectivity index (χ2n) is 5.69. The van der Waals surface area contributed by atoms with Gasteiger partial charge in [-0.3, -0.25) is 14.9 Å². The fourth-order valence-electron chi connectivity index (χ4n) is 2.88. The van der Waals surface area contributed by atoms with E-state index in [2.05, 4.69) is 10.6 Å². The Bertz CT molecular complexity index is 547. The summed E-state index contributed by atoms with van der Waals surface area (Å²) in [6.07, 6.45) is 4.28. The fraction of sp³-hybridized carbons (Fsp3) is 0.533. The Morgan fingerprint density at radius 2 is 1.96 bits per heavy atom. The van der Waals surface area contributed by atoms with Crippen molar-refractivity contribution in [2.24, 2.45) is 5.73 Å². The molecule has 1 aliphatic carbocycles. The Morgan fingerprint density at radius 1 is 1.30 bits per heavy atom. The minimum atomic E-state index is -0.440. The molecule has 0 aromatic heterocycles. The van der Waals surface area contributed by atoms with Crippen LogP contribution in [-0.4, -0.2) is 29.5 Å². The predicted molar refractivity (Wildman–Crippen MR) is 91.8 cm³/mol. The van der Waals surface area contributed by atoms with Gasteiger partial charge in [0.15, 0.2) is 0 Å². The lowest BCUT2D eigenvalue weighted by molar-refractivity contribution is -0.384. The van der Waals surface area contributed by atoms with E-state index in [1.54, 1.807) is 18.2 Å². The van der Waals surface area contributed by atoms with Gasteiger partial charge in [0.25, 0.3) is 5.69 Å². The van der Waals surface area contributed by atoms with E-state index < -0.39 is 4.92 Å². The molecule has 4 N–H and O–H groups in total. The minimum Gasteiger partial charge on any atom is -0.379 e. The van der Waals surface area contributed by atoms with Gasteiger partial charge in [-0.2, -0.15) is 0 Å². The quantitative estimate of drug-likeness (QED) is 0.519. The van der Waals surface area contributed by atoms with E-state index >= 15 is 0 Å². The molecule has 0 atom stereocenters. The van der Waals surface area contributed by atoms with Crippen LogP contribution >= 0.6 is 12.4 Å². The third-order valence-corrected chi connectivity index (χ3v) is 4.12. The Kier molecular flexibility index (Phi) is 7.25. The molecule has 1 saturated carbocycles. The summed E-state index contributed by atoms with van der Waals surface area (Å²) in [7, 11) is 0. The molecule has 0 heterocycles. The molecule has 0 unspecified atom stereocenters. The molecular formula is C15H23ClN4O3. The maximum Gasteiger partial charge on any atom is 0.292 e. The van der Waals surface area contributed by atoms with Crippen molar-refractivity contribution in [3.63, 3.8) is 0 Å². The largest absolute Gasteiger partial charge is 0.379 e. The first kappa shape index (κ1) is 19.2. The molecule has 0 aliphatic heterocycles. The zero-order valence-corrected chi connectivity index (χ0v) is 13.7. The summed E-state index contributed by atoms with van der Waals surface area (Å²) in [4.78, 5) is 22.5. The molecule has 2 rings (SSSR count). The standard InChI is InChI=1S/C15H22N4O3.ClH/c16-11-15(8-3-4-9-15)18-14(20)7-10-17-12-5-1-2-6-13(12)19(21)22;/h1-2,5-6,17H,3-4,7-11,16H2,(H,18,20);1H. The zero-order chi connectivity index (χ0) is 16.0. The van der Waals surface area contributed by atoms with E-state index in [0.29, 0.717) is 18.8 Å². The number of nitrogens with zero attached hydrogens (tertiary/aromatic N) is 1. The van der Waals surface area contributed by atoms with E-state index in [1.807, 2.05) is 0 Å². The molecule has 0 spiro atoms. The van der Waals surface area contributed by atoms with Gasteiger partial charge in [0.2, 0.25) is 5.91 Å². The average Bonchev–Trinajstić information content (AvgIpc) is 2.96. The van der Waals surface area contributed by atoms with Crippen LogP contribution in [0.5, 0.6) is 0 Å². The second-order valence-corrected chi connectivity index (χ2v) is 5.69. The first-order valence-electron chi connectivity index (χ1n) is 7.55. The maximum atomic E-state index is 12.0. The van der Waals surface area contributed by atoms with Crippen LogP contribution in [0.2, 0.25) is 0 Å². The minimum absolute atomic E-state index is 0. The lowest BCUT2D eigenvalue weighted by Crippen LogP contribution is -2.51. The van der Waals surface area contributed by atoms with Crippen molar-refractivity contribution in [2.45, 2.75) is 37.6 Å². The van der Waals surface area contributed by atoms with E-state index in [-0.39, 0.29) is 36.0 Å². The van der Waals surface area contributed by atoms with Crippen LogP contribution in [0.25, 0.3) is 0 Å². The van der Waals surface area contributed by atoms with Crippen molar-refractivity contribution in [1.82, 2.24) is 5.32 Å². The number of nitrogens with two attached hydrogens (primary N) is 1. The molecule has 1 aromatic rings. The summed E-state index contributed by atoms with van der Waals surface area (Å²) in [5.74, 6) is -0.0709. The molecule has 0 bridgehead atoms. The molecule has 1 aliphatic rings. The molecule has 7 nitrogen and oxygen atoms in total. The number of nitro benzene ring substituents is 1. The number of hydrogen-bond acceptors (Lipinski definition) is 5. The molecule has 23 heavy (non-hydrogen) atoms. The molecule has 0 radical (unpaired) electrons. The van der Waals surface area contributed by atoms with E-state index in [0.717, 1.165) is 25.7 Å². The number of nitrogens with one attached hydrogen (secondary N) is 2. The van der Waals surface area contributed by atoms with Crippen LogP contribution in [0, 0.1) is 10.1 Å². The summed E-state index contributed by atoms with van der Waals surface area (Å²) >= 11 is 0. The van der Waals surface area contributed by atoms with Crippen LogP contribution in [0.1, 0.15) is 32.1 Å². The summed E-state index contributed by atoms with van der Waals surface area (Å²) in [5.41, 5.74) is 5.97. The topological polar surface area (TPSA) is 110 Å². The van der Waals surface area contributed by atoms with Gasteiger partial charge in [0.1, 0.15) is 5.69 Å². The zero-order valence-electron chi connectivity index (χ0n) is 12.9. The highest BCUT2D eigenvalue weighted by molar-refractivity contribution is 5.85. The first-order chi connectivity index (χ1) is 10.6. The van der Waals surface area contributed by atoms with Gasteiger partial charge in [-0.25, -0.2) is 0 Å².